The van der Waals surface area contributed by atoms with E-state index in [4.69, 9.17) is 11.6 Å². The molecule has 0 saturated carbocycles. The second-order valence-electron chi connectivity index (χ2n) is 5.82. The first-order chi connectivity index (χ1) is 9.59. The SMILES string of the molecule is CCCNC(Cc1ccc(Br)cc1Cl)C(C)(C)S(C)(=O)=O. The number of nitrogens with one attached hydrogen (secondary N) is 1. The zero-order valence-electron chi connectivity index (χ0n) is 12.9. The summed E-state index contributed by atoms with van der Waals surface area (Å²) in [5, 5.41) is 4.01. The quantitative estimate of drug-likeness (QED) is 0.761. The van der Waals surface area contributed by atoms with Gasteiger partial charge < -0.3 is 5.32 Å². The Kier molecular flexibility index (Phi) is 6.72. The fraction of sp³-hybridized carbons (Fsp3) is 0.600. The molecule has 0 saturated heterocycles. The van der Waals surface area contributed by atoms with Gasteiger partial charge in [-0.05, 0) is 50.9 Å². The molecule has 1 rings (SSSR count). The lowest BCUT2D eigenvalue weighted by atomic mass is 9.95. The number of hydrogen-bond acceptors (Lipinski definition) is 3. The zero-order chi connectivity index (χ0) is 16.3. The molecule has 0 amide bonds. The second kappa shape index (κ2) is 7.44. The smallest absolute Gasteiger partial charge is 0.154 e. The molecule has 0 bridgehead atoms. The lowest BCUT2D eigenvalue weighted by Crippen LogP contribution is -2.52. The summed E-state index contributed by atoms with van der Waals surface area (Å²) in [5.41, 5.74) is 0.949. The van der Waals surface area contributed by atoms with Crippen molar-refractivity contribution in [2.45, 2.75) is 44.4 Å². The molecular weight excluding hydrogens is 374 g/mol. The van der Waals surface area contributed by atoms with Gasteiger partial charge in [-0.3, -0.25) is 0 Å². The first kappa shape index (κ1) is 18.9. The molecule has 0 fully saturated rings. The van der Waals surface area contributed by atoms with Crippen LogP contribution in [-0.2, 0) is 16.3 Å². The molecule has 1 N–H and O–H groups in total. The van der Waals surface area contributed by atoms with Gasteiger partial charge in [0.05, 0.1) is 4.75 Å². The van der Waals surface area contributed by atoms with E-state index >= 15 is 0 Å². The molecular formula is C15H23BrClNO2S. The molecule has 0 aromatic heterocycles. The molecule has 0 spiro atoms. The fourth-order valence-electron chi connectivity index (χ4n) is 2.05. The molecule has 21 heavy (non-hydrogen) atoms. The Morgan fingerprint density at radius 1 is 1.38 bits per heavy atom. The third kappa shape index (κ3) is 4.95. The maximum absolute atomic E-state index is 12.1. The highest BCUT2D eigenvalue weighted by Crippen LogP contribution is 2.27. The van der Waals surface area contributed by atoms with Gasteiger partial charge in [0.25, 0.3) is 0 Å². The van der Waals surface area contributed by atoms with E-state index in [1.165, 1.54) is 6.26 Å². The van der Waals surface area contributed by atoms with Crippen LogP contribution in [0.25, 0.3) is 0 Å². The van der Waals surface area contributed by atoms with E-state index in [1.54, 1.807) is 13.8 Å². The van der Waals surface area contributed by atoms with Gasteiger partial charge in [0.15, 0.2) is 9.84 Å². The molecule has 0 aliphatic rings. The molecule has 0 heterocycles. The number of hydrogen-bond donors (Lipinski definition) is 1. The molecule has 0 radical (unpaired) electrons. The molecule has 3 nitrogen and oxygen atoms in total. The first-order valence-electron chi connectivity index (χ1n) is 6.96. The molecule has 1 unspecified atom stereocenters. The van der Waals surface area contributed by atoms with Gasteiger partial charge in [0.1, 0.15) is 0 Å². The van der Waals surface area contributed by atoms with Crippen LogP contribution in [-0.4, -0.2) is 32.0 Å². The van der Waals surface area contributed by atoms with Gasteiger partial charge in [0.2, 0.25) is 0 Å². The number of rotatable bonds is 7. The lowest BCUT2D eigenvalue weighted by Gasteiger charge is -2.34. The largest absolute Gasteiger partial charge is 0.312 e. The summed E-state index contributed by atoms with van der Waals surface area (Å²) >= 11 is 9.64. The Bertz CT molecular complexity index is 587. The van der Waals surface area contributed by atoms with Crippen LogP contribution in [0.2, 0.25) is 5.02 Å². The first-order valence-corrected chi connectivity index (χ1v) is 10.0. The van der Waals surface area contributed by atoms with Crippen LogP contribution in [0, 0.1) is 0 Å². The summed E-state index contributed by atoms with van der Waals surface area (Å²) in [7, 11) is -3.19. The Labute approximate surface area is 141 Å². The highest BCUT2D eigenvalue weighted by Gasteiger charge is 2.38. The normalized spacial score (nSPS) is 14.2. The molecule has 6 heteroatoms. The Morgan fingerprint density at radius 3 is 2.48 bits per heavy atom. The molecule has 0 aliphatic carbocycles. The van der Waals surface area contributed by atoms with Crippen molar-refractivity contribution in [2.24, 2.45) is 0 Å². The minimum atomic E-state index is -3.19. The minimum Gasteiger partial charge on any atom is -0.312 e. The van der Waals surface area contributed by atoms with Crippen molar-refractivity contribution >= 4 is 37.4 Å². The maximum Gasteiger partial charge on any atom is 0.154 e. The van der Waals surface area contributed by atoms with E-state index in [0.29, 0.717) is 11.4 Å². The van der Waals surface area contributed by atoms with Crippen LogP contribution in [0.15, 0.2) is 22.7 Å². The maximum atomic E-state index is 12.1. The van der Waals surface area contributed by atoms with Crippen molar-refractivity contribution in [3.8, 4) is 0 Å². The second-order valence-corrected chi connectivity index (χ2v) is 9.74. The van der Waals surface area contributed by atoms with E-state index in [9.17, 15) is 8.42 Å². The Balaban J connectivity index is 3.09. The van der Waals surface area contributed by atoms with Gasteiger partial charge in [0, 0.05) is 21.8 Å². The van der Waals surface area contributed by atoms with E-state index in [2.05, 4.69) is 28.2 Å². The number of benzene rings is 1. The summed E-state index contributed by atoms with van der Waals surface area (Å²) in [6.07, 6.45) is 2.81. The third-order valence-electron chi connectivity index (χ3n) is 3.87. The minimum absolute atomic E-state index is 0.189. The van der Waals surface area contributed by atoms with Gasteiger partial charge in [-0.25, -0.2) is 8.42 Å². The van der Waals surface area contributed by atoms with E-state index in [1.807, 2.05) is 18.2 Å². The summed E-state index contributed by atoms with van der Waals surface area (Å²) in [4.78, 5) is 0. The number of halogens is 2. The van der Waals surface area contributed by atoms with Crippen LogP contribution in [0.3, 0.4) is 0 Å². The van der Waals surface area contributed by atoms with Crippen LogP contribution in [0.5, 0.6) is 0 Å². The highest BCUT2D eigenvalue weighted by molar-refractivity contribution is 9.10. The van der Waals surface area contributed by atoms with Crippen LogP contribution in [0.1, 0.15) is 32.8 Å². The topological polar surface area (TPSA) is 46.2 Å². The van der Waals surface area contributed by atoms with E-state index < -0.39 is 14.6 Å². The van der Waals surface area contributed by atoms with Gasteiger partial charge in [-0.1, -0.05) is 40.5 Å². The standard InChI is InChI=1S/C15H23BrClNO2S/c1-5-8-18-14(15(2,3)21(4,19)20)9-11-6-7-12(16)10-13(11)17/h6-7,10,14,18H,5,8-9H2,1-4H3. The van der Waals surface area contributed by atoms with Crippen LogP contribution < -0.4 is 5.32 Å². The Hall–Kier alpha value is -0.100. The van der Waals surface area contributed by atoms with Crippen molar-refractivity contribution < 1.29 is 8.42 Å². The van der Waals surface area contributed by atoms with Crippen LogP contribution in [0.4, 0.5) is 0 Å². The molecule has 1 aromatic carbocycles. The van der Waals surface area contributed by atoms with Gasteiger partial charge in [-0.2, -0.15) is 0 Å². The van der Waals surface area contributed by atoms with Gasteiger partial charge >= 0.3 is 0 Å². The average molecular weight is 397 g/mol. The number of sulfone groups is 1. The summed E-state index contributed by atoms with van der Waals surface area (Å²) in [6.45, 7) is 6.37. The van der Waals surface area contributed by atoms with E-state index in [-0.39, 0.29) is 6.04 Å². The fourth-order valence-corrected chi connectivity index (χ4v) is 3.48. The third-order valence-corrected chi connectivity index (χ3v) is 6.92. The summed E-state index contributed by atoms with van der Waals surface area (Å²) in [6, 6.07) is 5.50. The predicted molar refractivity (Wildman–Crippen MR) is 93.9 cm³/mol. The van der Waals surface area contributed by atoms with Crippen molar-refractivity contribution in [3.05, 3.63) is 33.3 Å². The highest BCUT2D eigenvalue weighted by atomic mass is 79.9. The van der Waals surface area contributed by atoms with Gasteiger partial charge in [-0.15, -0.1) is 0 Å². The van der Waals surface area contributed by atoms with Crippen molar-refractivity contribution in [3.63, 3.8) is 0 Å². The van der Waals surface area contributed by atoms with Crippen molar-refractivity contribution in [1.82, 2.24) is 5.32 Å². The molecule has 120 valence electrons. The zero-order valence-corrected chi connectivity index (χ0v) is 16.1. The Morgan fingerprint density at radius 2 is 2.00 bits per heavy atom. The average Bonchev–Trinajstić information content (AvgIpc) is 2.35. The summed E-state index contributed by atoms with van der Waals surface area (Å²) < 4.78 is 24.3. The van der Waals surface area contributed by atoms with Crippen LogP contribution >= 0.6 is 27.5 Å². The van der Waals surface area contributed by atoms with Crippen molar-refractivity contribution in [2.75, 3.05) is 12.8 Å². The van der Waals surface area contributed by atoms with Crippen molar-refractivity contribution in [1.29, 1.82) is 0 Å². The summed E-state index contributed by atoms with van der Waals surface area (Å²) in [5.74, 6) is 0. The lowest BCUT2D eigenvalue weighted by molar-refractivity contribution is 0.406. The molecule has 0 aliphatic heterocycles. The molecule has 1 atom stereocenters. The predicted octanol–water partition coefficient (Wildman–Crippen LogP) is 3.84. The van der Waals surface area contributed by atoms with E-state index in [0.717, 1.165) is 23.0 Å². The monoisotopic (exact) mass is 395 g/mol. The molecule has 1 aromatic rings.